The monoisotopic (exact) mass is 514 g/mol. The molecule has 0 aliphatic rings. The second-order valence-electron chi connectivity index (χ2n) is 7.91. The van der Waals surface area contributed by atoms with Gasteiger partial charge in [-0.05, 0) is 25.3 Å². The number of aliphatic hydroxyl groups excluding tert-OH is 1. The molecule has 2 aromatic heterocycles. The van der Waals surface area contributed by atoms with E-state index >= 15 is 0 Å². The fourth-order valence-corrected chi connectivity index (χ4v) is 3.63. The van der Waals surface area contributed by atoms with Crippen molar-refractivity contribution in [1.82, 2.24) is 24.6 Å². The van der Waals surface area contributed by atoms with Crippen LogP contribution in [0.1, 0.15) is 27.0 Å². The highest BCUT2D eigenvalue weighted by atomic mass is 31.1. The molecule has 0 aliphatic heterocycles. The summed E-state index contributed by atoms with van der Waals surface area (Å²) in [7, 11) is 0.895. The molecule has 35 heavy (non-hydrogen) atoms. The van der Waals surface area contributed by atoms with E-state index in [2.05, 4.69) is 26.0 Å². The zero-order valence-corrected chi connectivity index (χ0v) is 21.0. The third kappa shape index (κ3) is 7.51. The van der Waals surface area contributed by atoms with Gasteiger partial charge < -0.3 is 25.2 Å². The standard InChI is InChI=1S/C20H30FN7O6P/c1-7-13(29)14(9-32-35(31)26-12(4)19(30)33-11(2)3)34-15(8-21)28-10-23-16-17(27(5)6)24-20(22)25-18(16)28/h1,10-15,29H,8-9H2,2-6H3,(H,26,31)(H2,22,24,25)/q+1/t12-,13-,14?,15+/m0/s1. The molecule has 2 aromatic rings. The molecule has 0 aromatic carbocycles. The fraction of sp³-hybridized carbons (Fsp3) is 0.600. The number of aliphatic hydroxyl groups is 1. The fourth-order valence-electron chi connectivity index (χ4n) is 2.85. The van der Waals surface area contributed by atoms with Crippen LogP contribution in [0.3, 0.4) is 0 Å². The lowest BCUT2D eigenvalue weighted by molar-refractivity contribution is -0.149. The van der Waals surface area contributed by atoms with Crippen molar-refractivity contribution in [3.63, 3.8) is 0 Å². The van der Waals surface area contributed by atoms with Gasteiger partial charge in [0.15, 0.2) is 23.2 Å². The van der Waals surface area contributed by atoms with Crippen LogP contribution in [0.5, 0.6) is 0 Å². The molecule has 0 aliphatic carbocycles. The first-order valence-corrected chi connectivity index (χ1v) is 11.8. The van der Waals surface area contributed by atoms with Crippen molar-refractivity contribution >= 4 is 37.1 Å². The van der Waals surface area contributed by atoms with Gasteiger partial charge >= 0.3 is 14.1 Å². The van der Waals surface area contributed by atoms with Gasteiger partial charge in [-0.2, -0.15) is 9.97 Å². The Morgan fingerprint density at radius 1 is 1.40 bits per heavy atom. The van der Waals surface area contributed by atoms with Crippen LogP contribution in [0.4, 0.5) is 16.2 Å². The SMILES string of the molecule is C#C[C@H](O)C(CO[P+](=O)N[C@@H](C)C(=O)OC(C)C)O[C@H](CF)n1cnc2c(N(C)C)nc(N)nc21. The van der Waals surface area contributed by atoms with Crippen molar-refractivity contribution in [3.8, 4) is 12.3 Å². The van der Waals surface area contributed by atoms with Crippen LogP contribution in [0.2, 0.25) is 0 Å². The summed E-state index contributed by atoms with van der Waals surface area (Å²) in [6.45, 7) is 3.27. The van der Waals surface area contributed by atoms with E-state index in [0.29, 0.717) is 11.3 Å². The van der Waals surface area contributed by atoms with Gasteiger partial charge in [-0.1, -0.05) is 11.0 Å². The first-order chi connectivity index (χ1) is 16.5. The first-order valence-electron chi connectivity index (χ1n) is 10.6. The van der Waals surface area contributed by atoms with E-state index in [1.54, 1.807) is 32.8 Å². The summed E-state index contributed by atoms with van der Waals surface area (Å²) >= 11 is 0. The van der Waals surface area contributed by atoms with E-state index < -0.39 is 51.9 Å². The number of fused-ring (bicyclic) bond motifs is 1. The minimum absolute atomic E-state index is 0.0581. The van der Waals surface area contributed by atoms with E-state index in [-0.39, 0.29) is 17.7 Å². The second-order valence-corrected chi connectivity index (χ2v) is 8.94. The summed E-state index contributed by atoms with van der Waals surface area (Å²) in [5, 5.41) is 12.6. The Bertz CT molecular complexity index is 1080. The number of hydrogen-bond donors (Lipinski definition) is 3. The van der Waals surface area contributed by atoms with Crippen LogP contribution in [-0.2, 0) is 23.4 Å². The second kappa shape index (κ2) is 12.7. The average Bonchev–Trinajstić information content (AvgIpc) is 3.21. The molecule has 0 saturated heterocycles. The predicted molar refractivity (Wildman–Crippen MR) is 126 cm³/mol. The molecule has 0 radical (unpaired) electrons. The van der Waals surface area contributed by atoms with Crippen molar-refractivity contribution < 1.29 is 32.9 Å². The Kier molecular flexibility index (Phi) is 10.2. The average molecular weight is 514 g/mol. The zero-order chi connectivity index (χ0) is 26.3. The Morgan fingerprint density at radius 2 is 2.09 bits per heavy atom. The number of esters is 1. The smallest absolute Gasteiger partial charge is 0.462 e. The first kappa shape index (κ1) is 28.3. The Labute approximate surface area is 203 Å². The van der Waals surface area contributed by atoms with Crippen LogP contribution in [0.15, 0.2) is 6.33 Å². The number of aromatic nitrogens is 4. The van der Waals surface area contributed by atoms with Crippen LogP contribution in [-0.4, -0.2) is 82.3 Å². The van der Waals surface area contributed by atoms with Crippen molar-refractivity contribution in [2.24, 2.45) is 0 Å². The van der Waals surface area contributed by atoms with Crippen LogP contribution in [0.25, 0.3) is 11.2 Å². The number of ether oxygens (including phenoxy) is 2. The van der Waals surface area contributed by atoms with Crippen molar-refractivity contribution in [3.05, 3.63) is 6.33 Å². The van der Waals surface area contributed by atoms with E-state index in [9.17, 15) is 18.9 Å². The molecule has 13 nitrogen and oxygen atoms in total. The maximum Gasteiger partial charge on any atom is 0.613 e. The van der Waals surface area contributed by atoms with Gasteiger partial charge in [0, 0.05) is 14.1 Å². The molecule has 4 N–H and O–H groups in total. The Hall–Kier alpha value is -2.95. The molecule has 0 saturated carbocycles. The number of nitrogen functional groups attached to an aromatic ring is 1. The molecule has 15 heteroatoms. The van der Waals surface area contributed by atoms with Crippen LogP contribution in [0, 0.1) is 12.3 Å². The number of nitrogens with two attached hydrogens (primary N) is 1. The summed E-state index contributed by atoms with van der Waals surface area (Å²) in [5.41, 5.74) is 6.34. The van der Waals surface area contributed by atoms with Gasteiger partial charge in [-0.15, -0.1) is 10.9 Å². The van der Waals surface area contributed by atoms with Gasteiger partial charge in [0.25, 0.3) is 0 Å². The van der Waals surface area contributed by atoms with Gasteiger partial charge in [-0.25, -0.2) is 9.37 Å². The number of carbonyl (C=O) groups excluding carboxylic acids is 1. The minimum atomic E-state index is -2.57. The summed E-state index contributed by atoms with van der Waals surface area (Å²) in [4.78, 5) is 26.0. The number of nitrogens with one attached hydrogen (secondary N) is 1. The molecule has 0 bridgehead atoms. The number of nitrogens with zero attached hydrogens (tertiary/aromatic N) is 5. The Morgan fingerprint density at radius 3 is 2.66 bits per heavy atom. The number of alkyl halides is 1. The van der Waals surface area contributed by atoms with Gasteiger partial charge in [0.05, 0.1) is 12.4 Å². The number of anilines is 2. The maximum atomic E-state index is 14.0. The lowest BCUT2D eigenvalue weighted by atomic mass is 10.2. The molecule has 5 atom stereocenters. The van der Waals surface area contributed by atoms with E-state index in [0.717, 1.165) is 0 Å². The van der Waals surface area contributed by atoms with Crippen LogP contribution < -0.4 is 15.7 Å². The van der Waals surface area contributed by atoms with E-state index in [4.69, 9.17) is 26.2 Å². The third-order valence-electron chi connectivity index (χ3n) is 4.50. The summed E-state index contributed by atoms with van der Waals surface area (Å²) in [5.74, 6) is 1.82. The lowest BCUT2D eigenvalue weighted by Gasteiger charge is -2.24. The molecule has 0 fully saturated rings. The van der Waals surface area contributed by atoms with Gasteiger partial charge in [0.1, 0.15) is 31.5 Å². The predicted octanol–water partition coefficient (Wildman–Crippen LogP) is 0.926. The van der Waals surface area contributed by atoms with Crippen LogP contribution >= 0.6 is 8.18 Å². The molecule has 192 valence electrons. The van der Waals surface area contributed by atoms with Crippen molar-refractivity contribution in [1.29, 1.82) is 0 Å². The maximum absolute atomic E-state index is 14.0. The summed E-state index contributed by atoms with van der Waals surface area (Å²) in [6, 6.07) is -0.926. The van der Waals surface area contributed by atoms with Crippen molar-refractivity contribution in [2.75, 3.05) is 38.0 Å². The highest BCUT2D eigenvalue weighted by Gasteiger charge is 2.33. The molecule has 0 amide bonds. The number of imidazole rings is 1. The molecule has 2 heterocycles. The van der Waals surface area contributed by atoms with Gasteiger partial charge in [0.2, 0.25) is 5.95 Å². The minimum Gasteiger partial charge on any atom is -0.462 e. The number of rotatable bonds is 13. The highest BCUT2D eigenvalue weighted by molar-refractivity contribution is 7.36. The molecule has 0 spiro atoms. The summed E-state index contributed by atoms with van der Waals surface area (Å²) < 4.78 is 43.4. The lowest BCUT2D eigenvalue weighted by Crippen LogP contribution is -2.36. The number of hydrogen-bond acceptors (Lipinski definition) is 11. The quantitative estimate of drug-likeness (QED) is 0.197. The number of halogens is 1. The summed E-state index contributed by atoms with van der Waals surface area (Å²) in [6.07, 6.45) is 2.11. The molecular formula is C20H30FN7O6P+. The largest absolute Gasteiger partial charge is 0.613 e. The normalized spacial score (nSPS) is 15.3. The molecular weight excluding hydrogens is 484 g/mol. The Balaban J connectivity index is 2.16. The molecule has 2 unspecified atom stereocenters. The molecule has 2 rings (SSSR count). The third-order valence-corrected chi connectivity index (χ3v) is 5.48. The highest BCUT2D eigenvalue weighted by Crippen LogP contribution is 2.27. The van der Waals surface area contributed by atoms with E-state index in [1.165, 1.54) is 17.8 Å². The van der Waals surface area contributed by atoms with Crippen molar-refractivity contribution in [2.45, 2.75) is 51.4 Å². The number of carbonyl (C=O) groups is 1. The topological polar surface area (TPSA) is 167 Å². The van der Waals surface area contributed by atoms with Gasteiger partial charge in [-0.3, -0.25) is 9.36 Å². The van der Waals surface area contributed by atoms with E-state index in [1.807, 2.05) is 0 Å². The number of terminal acetylenes is 1. The zero-order valence-electron chi connectivity index (χ0n) is 20.1.